The van der Waals surface area contributed by atoms with Crippen LogP contribution in [0.4, 0.5) is 0 Å². The first-order chi connectivity index (χ1) is 7.57. The van der Waals surface area contributed by atoms with Crippen LogP contribution in [0.15, 0.2) is 24.4 Å². The topological polar surface area (TPSA) is 25.4 Å². The van der Waals surface area contributed by atoms with Gasteiger partial charge in [-0.25, -0.2) is 0 Å². The lowest BCUT2D eigenvalue weighted by molar-refractivity contribution is -0.0613. The van der Waals surface area contributed by atoms with Crippen molar-refractivity contribution in [3.05, 3.63) is 30.1 Å². The maximum absolute atomic E-state index is 5.79. The zero-order valence-corrected chi connectivity index (χ0v) is 10.3. The molecule has 0 N–H and O–H groups in total. The lowest BCUT2D eigenvalue weighted by Crippen LogP contribution is -2.49. The monoisotopic (exact) mass is 220 g/mol. The van der Waals surface area contributed by atoms with E-state index in [4.69, 9.17) is 4.74 Å². The summed E-state index contributed by atoms with van der Waals surface area (Å²) in [7, 11) is 0. The Morgan fingerprint density at radius 3 is 2.81 bits per heavy atom. The van der Waals surface area contributed by atoms with Crippen molar-refractivity contribution in [2.24, 2.45) is 0 Å². The van der Waals surface area contributed by atoms with Gasteiger partial charge in [0.25, 0.3) is 0 Å². The summed E-state index contributed by atoms with van der Waals surface area (Å²) in [6, 6.07) is 5.99. The molecule has 88 valence electrons. The number of hydrogen-bond donors (Lipinski definition) is 0. The Morgan fingerprint density at radius 2 is 2.19 bits per heavy atom. The van der Waals surface area contributed by atoms with Gasteiger partial charge in [-0.15, -0.1) is 0 Å². The summed E-state index contributed by atoms with van der Waals surface area (Å²) in [5, 5.41) is 0. The van der Waals surface area contributed by atoms with Crippen molar-refractivity contribution >= 4 is 0 Å². The van der Waals surface area contributed by atoms with Gasteiger partial charge in [-0.05, 0) is 32.9 Å². The third-order valence-corrected chi connectivity index (χ3v) is 3.03. The summed E-state index contributed by atoms with van der Waals surface area (Å²) in [5.41, 5.74) is 1.24. The van der Waals surface area contributed by atoms with Crippen LogP contribution in [0.3, 0.4) is 0 Å². The molecule has 1 aromatic rings. The summed E-state index contributed by atoms with van der Waals surface area (Å²) in [5.74, 6) is 0. The molecule has 1 unspecified atom stereocenters. The largest absolute Gasteiger partial charge is 0.369 e. The molecule has 1 aliphatic rings. The van der Waals surface area contributed by atoms with Crippen LogP contribution in [-0.2, 0) is 4.74 Å². The SMILES string of the molecule is CC(C)(C)N1CCOC(c2ccccn2)C1. The second-order valence-electron chi connectivity index (χ2n) is 5.23. The molecule has 16 heavy (non-hydrogen) atoms. The summed E-state index contributed by atoms with van der Waals surface area (Å²) in [4.78, 5) is 6.82. The van der Waals surface area contributed by atoms with Crippen LogP contribution in [0, 0.1) is 0 Å². The number of ether oxygens (including phenoxy) is 1. The highest BCUT2D eigenvalue weighted by Crippen LogP contribution is 2.25. The lowest BCUT2D eigenvalue weighted by Gasteiger charge is -2.41. The van der Waals surface area contributed by atoms with E-state index >= 15 is 0 Å². The van der Waals surface area contributed by atoms with Gasteiger partial charge in [0, 0.05) is 24.8 Å². The van der Waals surface area contributed by atoms with Crippen LogP contribution in [-0.4, -0.2) is 35.1 Å². The van der Waals surface area contributed by atoms with Gasteiger partial charge in [-0.2, -0.15) is 0 Å². The molecule has 0 aromatic carbocycles. The van der Waals surface area contributed by atoms with E-state index in [0.717, 1.165) is 25.4 Å². The van der Waals surface area contributed by atoms with Crippen LogP contribution in [0.5, 0.6) is 0 Å². The predicted octanol–water partition coefficient (Wildman–Crippen LogP) is 2.25. The Morgan fingerprint density at radius 1 is 1.38 bits per heavy atom. The van der Waals surface area contributed by atoms with Gasteiger partial charge in [-0.1, -0.05) is 6.07 Å². The Hall–Kier alpha value is -0.930. The average Bonchev–Trinajstić information content (AvgIpc) is 2.29. The number of nitrogens with zero attached hydrogens (tertiary/aromatic N) is 2. The maximum atomic E-state index is 5.79. The first kappa shape index (κ1) is 11.6. The van der Waals surface area contributed by atoms with Crippen molar-refractivity contribution in [2.75, 3.05) is 19.7 Å². The molecule has 0 saturated carbocycles. The van der Waals surface area contributed by atoms with Crippen LogP contribution < -0.4 is 0 Å². The van der Waals surface area contributed by atoms with E-state index in [1.54, 1.807) is 0 Å². The molecule has 0 aliphatic carbocycles. The molecule has 2 rings (SSSR count). The molecule has 1 fully saturated rings. The van der Waals surface area contributed by atoms with Crippen molar-refractivity contribution in [1.29, 1.82) is 0 Å². The smallest absolute Gasteiger partial charge is 0.112 e. The van der Waals surface area contributed by atoms with Gasteiger partial charge in [0.15, 0.2) is 0 Å². The molecule has 1 saturated heterocycles. The fourth-order valence-corrected chi connectivity index (χ4v) is 2.00. The van der Waals surface area contributed by atoms with E-state index in [1.165, 1.54) is 0 Å². The predicted molar refractivity (Wildman–Crippen MR) is 64.3 cm³/mol. The fraction of sp³-hybridized carbons (Fsp3) is 0.615. The van der Waals surface area contributed by atoms with Crippen molar-refractivity contribution in [3.8, 4) is 0 Å². The number of morpholine rings is 1. The molecule has 1 aromatic heterocycles. The molecule has 3 nitrogen and oxygen atoms in total. The summed E-state index contributed by atoms with van der Waals surface area (Å²) < 4.78 is 5.79. The molecule has 1 aliphatic heterocycles. The molecular formula is C13H20N2O. The minimum atomic E-state index is 0.120. The van der Waals surface area contributed by atoms with Gasteiger partial charge >= 0.3 is 0 Å². The number of rotatable bonds is 1. The first-order valence-corrected chi connectivity index (χ1v) is 5.85. The Labute approximate surface area is 97.4 Å². The van der Waals surface area contributed by atoms with Crippen LogP contribution in [0.2, 0.25) is 0 Å². The minimum Gasteiger partial charge on any atom is -0.369 e. The molecule has 0 spiro atoms. The van der Waals surface area contributed by atoms with Crippen molar-refractivity contribution < 1.29 is 4.74 Å². The van der Waals surface area contributed by atoms with Crippen LogP contribution in [0.25, 0.3) is 0 Å². The lowest BCUT2D eigenvalue weighted by atomic mass is 10.0. The Bertz CT molecular complexity index is 332. The highest BCUT2D eigenvalue weighted by molar-refractivity contribution is 5.08. The normalized spacial score (nSPS) is 23.3. The summed E-state index contributed by atoms with van der Waals surface area (Å²) >= 11 is 0. The van der Waals surface area contributed by atoms with Crippen LogP contribution in [0.1, 0.15) is 32.6 Å². The highest BCUT2D eigenvalue weighted by Gasteiger charge is 2.29. The minimum absolute atomic E-state index is 0.120. The molecular weight excluding hydrogens is 200 g/mol. The van der Waals surface area contributed by atoms with Gasteiger partial charge in [0.1, 0.15) is 6.10 Å². The second-order valence-corrected chi connectivity index (χ2v) is 5.23. The molecule has 0 radical (unpaired) electrons. The van der Waals surface area contributed by atoms with E-state index in [0.29, 0.717) is 0 Å². The Kier molecular flexibility index (Phi) is 3.26. The number of hydrogen-bond acceptors (Lipinski definition) is 3. The zero-order chi connectivity index (χ0) is 11.6. The van der Waals surface area contributed by atoms with E-state index in [1.807, 2.05) is 24.4 Å². The van der Waals surface area contributed by atoms with Crippen LogP contribution >= 0.6 is 0 Å². The fourth-order valence-electron chi connectivity index (χ4n) is 2.00. The molecule has 1 atom stereocenters. The van der Waals surface area contributed by atoms with E-state index in [9.17, 15) is 0 Å². The average molecular weight is 220 g/mol. The highest BCUT2D eigenvalue weighted by atomic mass is 16.5. The zero-order valence-electron chi connectivity index (χ0n) is 10.3. The van der Waals surface area contributed by atoms with Gasteiger partial charge in [-0.3, -0.25) is 9.88 Å². The maximum Gasteiger partial charge on any atom is 0.112 e. The molecule has 0 bridgehead atoms. The van der Waals surface area contributed by atoms with Gasteiger partial charge < -0.3 is 4.74 Å². The van der Waals surface area contributed by atoms with E-state index in [2.05, 4.69) is 30.7 Å². The summed E-state index contributed by atoms with van der Waals surface area (Å²) in [6.07, 6.45) is 1.95. The van der Waals surface area contributed by atoms with Crippen molar-refractivity contribution in [3.63, 3.8) is 0 Å². The van der Waals surface area contributed by atoms with E-state index in [-0.39, 0.29) is 11.6 Å². The quantitative estimate of drug-likeness (QED) is 0.726. The molecule has 2 heterocycles. The number of pyridine rings is 1. The Balaban J connectivity index is 2.08. The third-order valence-electron chi connectivity index (χ3n) is 3.03. The van der Waals surface area contributed by atoms with Crippen molar-refractivity contribution in [1.82, 2.24) is 9.88 Å². The number of aromatic nitrogens is 1. The first-order valence-electron chi connectivity index (χ1n) is 5.85. The van der Waals surface area contributed by atoms with Crippen molar-refractivity contribution in [2.45, 2.75) is 32.4 Å². The second kappa shape index (κ2) is 4.52. The molecule has 0 amide bonds. The standard InChI is InChI=1S/C13H20N2O/c1-13(2,3)15-8-9-16-12(10-15)11-6-4-5-7-14-11/h4-7,12H,8-10H2,1-3H3. The van der Waals surface area contributed by atoms with Gasteiger partial charge in [0.05, 0.1) is 12.3 Å². The summed E-state index contributed by atoms with van der Waals surface area (Å²) in [6.45, 7) is 9.46. The third kappa shape index (κ3) is 2.60. The van der Waals surface area contributed by atoms with Gasteiger partial charge in [0.2, 0.25) is 0 Å². The molecule has 3 heteroatoms. The van der Waals surface area contributed by atoms with E-state index < -0.39 is 0 Å².